The van der Waals surface area contributed by atoms with Crippen molar-refractivity contribution in [2.45, 2.75) is 17.9 Å². The lowest BCUT2D eigenvalue weighted by atomic mass is 10.1. The van der Waals surface area contributed by atoms with E-state index in [1.807, 2.05) is 54.6 Å². The Balaban J connectivity index is 1.28. The summed E-state index contributed by atoms with van der Waals surface area (Å²) in [5, 5.41) is 2.93. The normalized spacial score (nSPS) is 11.1. The first-order valence-corrected chi connectivity index (χ1v) is 13.9. The van der Waals surface area contributed by atoms with Gasteiger partial charge >= 0.3 is 0 Å². The molecule has 39 heavy (non-hydrogen) atoms. The summed E-state index contributed by atoms with van der Waals surface area (Å²) in [5.74, 6) is -0.236. The lowest BCUT2D eigenvalue weighted by Gasteiger charge is -2.25. The molecule has 5 aromatic rings. The topological polar surface area (TPSA) is 79.4 Å². The van der Waals surface area contributed by atoms with Gasteiger partial charge in [0.15, 0.2) is 0 Å². The van der Waals surface area contributed by atoms with Crippen LogP contribution in [0.15, 0.2) is 139 Å². The highest BCUT2D eigenvalue weighted by Crippen LogP contribution is 2.26. The van der Waals surface area contributed by atoms with Crippen molar-refractivity contribution in [3.8, 4) is 0 Å². The summed E-state index contributed by atoms with van der Waals surface area (Å²) in [7, 11) is -3.79. The summed E-state index contributed by atoms with van der Waals surface area (Å²) < 4.78 is 28.4. The van der Waals surface area contributed by atoms with E-state index in [2.05, 4.69) is 10.3 Å². The number of carbonyl (C=O) groups is 1. The third-order valence-electron chi connectivity index (χ3n) is 6.29. The van der Waals surface area contributed by atoms with Crippen molar-refractivity contribution in [2.75, 3.05) is 9.62 Å². The van der Waals surface area contributed by atoms with Gasteiger partial charge in [-0.25, -0.2) is 8.42 Å². The molecule has 0 saturated heterocycles. The summed E-state index contributed by atoms with van der Waals surface area (Å²) in [6.07, 6.45) is 4.34. The molecule has 0 fully saturated rings. The van der Waals surface area contributed by atoms with Gasteiger partial charge in [0.05, 0.1) is 17.1 Å². The molecule has 0 spiro atoms. The van der Waals surface area contributed by atoms with Crippen molar-refractivity contribution in [3.63, 3.8) is 0 Å². The molecule has 0 aliphatic rings. The summed E-state index contributed by atoms with van der Waals surface area (Å²) in [4.78, 5) is 17.1. The summed E-state index contributed by atoms with van der Waals surface area (Å²) in [5.41, 5.74) is 4.82. The molecule has 0 aliphatic carbocycles. The SMILES string of the molecule is O=C(Nc1ccc(Cc2ccncc2)cc1)c1ccc(CN(c2ccccc2)S(=O)(=O)c2ccccc2)cc1. The number of para-hydroxylation sites is 1. The van der Waals surface area contributed by atoms with Gasteiger partial charge in [0, 0.05) is 23.6 Å². The Morgan fingerprint density at radius 1 is 0.667 bits per heavy atom. The van der Waals surface area contributed by atoms with Gasteiger partial charge < -0.3 is 5.32 Å². The summed E-state index contributed by atoms with van der Waals surface area (Å²) >= 11 is 0. The molecule has 0 aliphatic heterocycles. The van der Waals surface area contributed by atoms with Gasteiger partial charge in [-0.05, 0) is 83.8 Å². The quantitative estimate of drug-likeness (QED) is 0.240. The smallest absolute Gasteiger partial charge is 0.264 e. The number of nitrogens with one attached hydrogen (secondary N) is 1. The van der Waals surface area contributed by atoms with Crippen LogP contribution in [-0.4, -0.2) is 19.3 Å². The van der Waals surface area contributed by atoms with Gasteiger partial charge in [-0.1, -0.05) is 60.7 Å². The predicted molar refractivity (Wildman–Crippen MR) is 154 cm³/mol. The molecule has 0 bridgehead atoms. The second kappa shape index (κ2) is 11.8. The minimum Gasteiger partial charge on any atom is -0.322 e. The van der Waals surface area contributed by atoms with Crippen molar-refractivity contribution in [2.24, 2.45) is 0 Å². The third kappa shape index (κ3) is 6.40. The van der Waals surface area contributed by atoms with E-state index in [-0.39, 0.29) is 17.3 Å². The highest BCUT2D eigenvalue weighted by atomic mass is 32.2. The number of anilines is 2. The number of pyridine rings is 1. The Morgan fingerprint density at radius 2 is 1.23 bits per heavy atom. The van der Waals surface area contributed by atoms with Crippen LogP contribution in [-0.2, 0) is 23.0 Å². The van der Waals surface area contributed by atoms with Crippen LogP contribution >= 0.6 is 0 Å². The minimum absolute atomic E-state index is 0.127. The maximum absolute atomic E-state index is 13.5. The summed E-state index contributed by atoms with van der Waals surface area (Å²) in [6.45, 7) is 0.127. The van der Waals surface area contributed by atoms with Crippen LogP contribution < -0.4 is 9.62 Å². The predicted octanol–water partition coefficient (Wildman–Crippen LogP) is 6.32. The van der Waals surface area contributed by atoms with Gasteiger partial charge in [0.1, 0.15) is 0 Å². The fraction of sp³-hybridized carbons (Fsp3) is 0.0625. The van der Waals surface area contributed by atoms with Crippen molar-refractivity contribution < 1.29 is 13.2 Å². The molecule has 6 nitrogen and oxygen atoms in total. The Morgan fingerprint density at radius 3 is 1.87 bits per heavy atom. The molecule has 1 aromatic heterocycles. The number of aromatic nitrogens is 1. The number of hydrogen-bond donors (Lipinski definition) is 1. The first-order valence-electron chi connectivity index (χ1n) is 12.5. The second-order valence-corrected chi connectivity index (χ2v) is 10.9. The van der Waals surface area contributed by atoms with E-state index in [1.165, 1.54) is 9.87 Å². The Labute approximate surface area is 228 Å². The molecule has 194 valence electrons. The minimum atomic E-state index is -3.79. The number of amides is 1. The van der Waals surface area contributed by atoms with E-state index < -0.39 is 10.0 Å². The maximum atomic E-state index is 13.5. The molecule has 1 heterocycles. The van der Waals surface area contributed by atoms with E-state index in [0.29, 0.717) is 16.9 Å². The standard InChI is InChI=1S/C32H27N3O3S/c36-32(34-29-17-13-25(14-18-29)23-26-19-21-33-22-20-26)28-15-11-27(12-16-28)24-35(30-7-3-1-4-8-30)39(37,38)31-9-5-2-6-10-31/h1-22H,23-24H2,(H,34,36). The molecule has 1 N–H and O–H groups in total. The van der Waals surface area contributed by atoms with E-state index >= 15 is 0 Å². The van der Waals surface area contributed by atoms with Crippen molar-refractivity contribution in [3.05, 3.63) is 156 Å². The van der Waals surface area contributed by atoms with Crippen LogP contribution in [0.3, 0.4) is 0 Å². The monoisotopic (exact) mass is 533 g/mol. The molecule has 0 radical (unpaired) electrons. The van der Waals surface area contributed by atoms with Crippen LogP contribution in [0.2, 0.25) is 0 Å². The zero-order chi connectivity index (χ0) is 27.1. The van der Waals surface area contributed by atoms with Crippen LogP contribution in [0.1, 0.15) is 27.0 Å². The fourth-order valence-corrected chi connectivity index (χ4v) is 5.68. The number of sulfonamides is 1. The second-order valence-electron chi connectivity index (χ2n) is 9.04. The van der Waals surface area contributed by atoms with Crippen LogP contribution in [0.25, 0.3) is 0 Å². The first-order chi connectivity index (χ1) is 19.0. The van der Waals surface area contributed by atoms with Crippen LogP contribution in [0.4, 0.5) is 11.4 Å². The third-order valence-corrected chi connectivity index (χ3v) is 8.08. The van der Waals surface area contributed by atoms with Gasteiger partial charge in [-0.3, -0.25) is 14.1 Å². The zero-order valence-corrected chi connectivity index (χ0v) is 22.0. The zero-order valence-electron chi connectivity index (χ0n) is 21.1. The van der Waals surface area contributed by atoms with Crippen molar-refractivity contribution in [1.29, 1.82) is 0 Å². The molecule has 0 unspecified atom stereocenters. The van der Waals surface area contributed by atoms with Crippen molar-refractivity contribution in [1.82, 2.24) is 4.98 Å². The fourth-order valence-electron chi connectivity index (χ4n) is 4.20. The number of carbonyl (C=O) groups excluding carboxylic acids is 1. The lowest BCUT2D eigenvalue weighted by molar-refractivity contribution is 0.102. The number of rotatable bonds is 9. The molecule has 0 atom stereocenters. The Kier molecular flexibility index (Phi) is 7.80. The average molecular weight is 534 g/mol. The molecule has 0 saturated carbocycles. The van der Waals surface area contributed by atoms with E-state index in [1.54, 1.807) is 79.1 Å². The summed E-state index contributed by atoms with van der Waals surface area (Å²) in [6, 6.07) is 36.1. The van der Waals surface area contributed by atoms with Crippen LogP contribution in [0, 0.1) is 0 Å². The van der Waals surface area contributed by atoms with E-state index in [9.17, 15) is 13.2 Å². The largest absolute Gasteiger partial charge is 0.322 e. The first kappa shape index (κ1) is 25.9. The molecule has 1 amide bonds. The molecule has 4 aromatic carbocycles. The molecule has 7 heteroatoms. The van der Waals surface area contributed by atoms with Crippen molar-refractivity contribution >= 4 is 27.3 Å². The van der Waals surface area contributed by atoms with Gasteiger partial charge in [-0.2, -0.15) is 0 Å². The maximum Gasteiger partial charge on any atom is 0.264 e. The Bertz CT molecular complexity index is 1620. The molecular weight excluding hydrogens is 506 g/mol. The molecule has 5 rings (SSSR count). The number of nitrogens with zero attached hydrogens (tertiary/aromatic N) is 2. The van der Waals surface area contributed by atoms with E-state index in [4.69, 9.17) is 0 Å². The van der Waals surface area contributed by atoms with Gasteiger partial charge in [-0.15, -0.1) is 0 Å². The number of benzene rings is 4. The lowest BCUT2D eigenvalue weighted by Crippen LogP contribution is -2.30. The van der Waals surface area contributed by atoms with Crippen LogP contribution in [0.5, 0.6) is 0 Å². The highest BCUT2D eigenvalue weighted by Gasteiger charge is 2.25. The Hall–Kier alpha value is -4.75. The van der Waals surface area contributed by atoms with Gasteiger partial charge in [0.2, 0.25) is 0 Å². The highest BCUT2D eigenvalue weighted by molar-refractivity contribution is 7.92. The van der Waals surface area contributed by atoms with E-state index in [0.717, 1.165) is 17.5 Å². The average Bonchev–Trinajstić information content (AvgIpc) is 2.98. The molecular formula is C32H27N3O3S. The van der Waals surface area contributed by atoms with Gasteiger partial charge in [0.25, 0.3) is 15.9 Å². The number of hydrogen-bond acceptors (Lipinski definition) is 4.